The summed E-state index contributed by atoms with van der Waals surface area (Å²) in [5, 5.41) is 4.18. The molecule has 94 valence electrons. The summed E-state index contributed by atoms with van der Waals surface area (Å²) in [7, 11) is 1.54. The molecule has 0 atom stereocenters. The lowest BCUT2D eigenvalue weighted by Gasteiger charge is -2.07. The first kappa shape index (κ1) is 12.3. The minimum Gasteiger partial charge on any atom is -0.493 e. The lowest BCUT2D eigenvalue weighted by Crippen LogP contribution is -2.12. The maximum atomic E-state index is 12.4. The Morgan fingerprint density at radius 2 is 2.11 bits per heavy atom. The molecule has 0 aromatic carbocycles. The molecule has 0 spiro atoms. The molecule has 18 heavy (non-hydrogen) atoms. The Balaban J connectivity index is 2.43. The zero-order chi connectivity index (χ0) is 13.0. The molecule has 0 aliphatic carbocycles. The number of rotatable bonds is 5. The fourth-order valence-corrected chi connectivity index (χ4v) is 1.77. The molecule has 2 aromatic heterocycles. The molecule has 2 heterocycles. The number of hydrogen-bond donors (Lipinski definition) is 0. The minimum atomic E-state index is -0.0970. The predicted molar refractivity (Wildman–Crippen MR) is 66.7 cm³/mol. The second-order valence-electron chi connectivity index (χ2n) is 3.85. The van der Waals surface area contributed by atoms with E-state index in [0.29, 0.717) is 23.6 Å². The van der Waals surface area contributed by atoms with Crippen LogP contribution in [0.3, 0.4) is 0 Å². The highest BCUT2D eigenvalue weighted by atomic mass is 16.5. The zero-order valence-electron chi connectivity index (χ0n) is 10.5. The number of pyridine rings is 1. The van der Waals surface area contributed by atoms with E-state index in [1.807, 2.05) is 6.92 Å². The van der Waals surface area contributed by atoms with Crippen molar-refractivity contribution in [2.24, 2.45) is 0 Å². The van der Waals surface area contributed by atoms with Crippen LogP contribution < -0.4 is 4.74 Å². The van der Waals surface area contributed by atoms with Crippen molar-refractivity contribution in [1.82, 2.24) is 14.8 Å². The molecule has 0 bridgehead atoms. The molecule has 0 radical (unpaired) electrons. The smallest absolute Gasteiger partial charge is 0.214 e. The number of ether oxygens (including phenoxy) is 1. The Bertz CT molecular complexity index is 534. The van der Waals surface area contributed by atoms with Crippen molar-refractivity contribution in [3.8, 4) is 5.75 Å². The van der Waals surface area contributed by atoms with Gasteiger partial charge in [0.05, 0.1) is 13.3 Å². The summed E-state index contributed by atoms with van der Waals surface area (Å²) in [5.74, 6) is 0.408. The van der Waals surface area contributed by atoms with Crippen LogP contribution >= 0.6 is 0 Å². The van der Waals surface area contributed by atoms with Crippen molar-refractivity contribution in [3.63, 3.8) is 0 Å². The van der Waals surface area contributed by atoms with Gasteiger partial charge in [0.15, 0.2) is 11.4 Å². The maximum Gasteiger partial charge on any atom is 0.214 e. The van der Waals surface area contributed by atoms with Crippen LogP contribution in [-0.4, -0.2) is 27.7 Å². The van der Waals surface area contributed by atoms with Gasteiger partial charge in [-0.25, -0.2) is 0 Å². The van der Waals surface area contributed by atoms with Gasteiger partial charge in [-0.1, -0.05) is 6.92 Å². The lowest BCUT2D eigenvalue weighted by atomic mass is 10.1. The van der Waals surface area contributed by atoms with E-state index in [1.54, 1.807) is 35.4 Å². The highest BCUT2D eigenvalue weighted by Gasteiger charge is 2.20. The van der Waals surface area contributed by atoms with Crippen molar-refractivity contribution in [1.29, 1.82) is 0 Å². The molecule has 0 N–H and O–H groups in total. The van der Waals surface area contributed by atoms with E-state index in [9.17, 15) is 4.79 Å². The summed E-state index contributed by atoms with van der Waals surface area (Å²) >= 11 is 0. The number of aryl methyl sites for hydroxylation is 1. The summed E-state index contributed by atoms with van der Waals surface area (Å²) in [5.41, 5.74) is 1.08. The molecule has 0 unspecified atom stereocenters. The second kappa shape index (κ2) is 5.44. The van der Waals surface area contributed by atoms with Crippen molar-refractivity contribution < 1.29 is 9.53 Å². The fraction of sp³-hybridized carbons (Fsp3) is 0.308. The lowest BCUT2D eigenvalue weighted by molar-refractivity contribution is 0.102. The van der Waals surface area contributed by atoms with Crippen LogP contribution in [0.1, 0.15) is 29.4 Å². The van der Waals surface area contributed by atoms with Gasteiger partial charge in [-0.15, -0.1) is 0 Å². The third kappa shape index (κ3) is 2.25. The molecule has 2 aromatic rings. The first-order valence-electron chi connectivity index (χ1n) is 5.82. The second-order valence-corrected chi connectivity index (χ2v) is 3.85. The van der Waals surface area contributed by atoms with Gasteiger partial charge in [-0.2, -0.15) is 5.10 Å². The number of nitrogens with zero attached hydrogens (tertiary/aromatic N) is 3. The van der Waals surface area contributed by atoms with E-state index in [2.05, 4.69) is 10.1 Å². The molecule has 5 heteroatoms. The third-order valence-electron chi connectivity index (χ3n) is 2.62. The normalized spacial score (nSPS) is 10.3. The van der Waals surface area contributed by atoms with Crippen molar-refractivity contribution in [2.75, 3.05) is 7.11 Å². The Labute approximate surface area is 105 Å². The Morgan fingerprint density at radius 3 is 2.72 bits per heavy atom. The number of carbonyl (C=O) groups is 1. The minimum absolute atomic E-state index is 0.0970. The van der Waals surface area contributed by atoms with Gasteiger partial charge in [-0.3, -0.25) is 14.5 Å². The van der Waals surface area contributed by atoms with Gasteiger partial charge in [-0.05, 0) is 18.6 Å². The highest BCUT2D eigenvalue weighted by molar-refractivity contribution is 6.09. The van der Waals surface area contributed by atoms with Gasteiger partial charge in [0.25, 0.3) is 0 Å². The highest BCUT2D eigenvalue weighted by Crippen LogP contribution is 2.21. The van der Waals surface area contributed by atoms with E-state index in [1.165, 1.54) is 7.11 Å². The van der Waals surface area contributed by atoms with Gasteiger partial charge in [0.2, 0.25) is 5.78 Å². The molecular weight excluding hydrogens is 230 g/mol. The van der Waals surface area contributed by atoms with Crippen LogP contribution in [-0.2, 0) is 6.54 Å². The van der Waals surface area contributed by atoms with Gasteiger partial charge < -0.3 is 4.74 Å². The standard InChI is InChI=1S/C13H15N3O2/c1-3-8-16-12(11(18-2)9-15-16)13(17)10-4-6-14-7-5-10/h4-7,9H,3,8H2,1-2H3. The monoisotopic (exact) mass is 245 g/mol. The maximum absolute atomic E-state index is 12.4. The topological polar surface area (TPSA) is 57.0 Å². The van der Waals surface area contributed by atoms with Crippen LogP contribution in [0.4, 0.5) is 0 Å². The summed E-state index contributed by atoms with van der Waals surface area (Å²) < 4.78 is 6.88. The van der Waals surface area contributed by atoms with Crippen LogP contribution in [0, 0.1) is 0 Å². The molecule has 0 aliphatic heterocycles. The molecule has 0 saturated carbocycles. The van der Waals surface area contributed by atoms with E-state index in [4.69, 9.17) is 4.74 Å². The van der Waals surface area contributed by atoms with Crippen LogP contribution in [0.25, 0.3) is 0 Å². The molecule has 0 saturated heterocycles. The van der Waals surface area contributed by atoms with Crippen molar-refractivity contribution in [2.45, 2.75) is 19.9 Å². The molecule has 0 amide bonds. The average molecular weight is 245 g/mol. The fourth-order valence-electron chi connectivity index (χ4n) is 1.77. The Kier molecular flexibility index (Phi) is 3.72. The summed E-state index contributed by atoms with van der Waals surface area (Å²) in [6, 6.07) is 3.37. The molecular formula is C13H15N3O2. The number of ketones is 1. The third-order valence-corrected chi connectivity index (χ3v) is 2.62. The van der Waals surface area contributed by atoms with Gasteiger partial charge in [0, 0.05) is 24.5 Å². The van der Waals surface area contributed by atoms with Crippen molar-refractivity contribution >= 4 is 5.78 Å². The number of aromatic nitrogens is 3. The average Bonchev–Trinajstić information content (AvgIpc) is 2.82. The molecule has 0 aliphatic rings. The van der Waals surface area contributed by atoms with Gasteiger partial charge >= 0.3 is 0 Å². The SMILES string of the molecule is CCCn1ncc(OC)c1C(=O)c1ccncc1. The largest absolute Gasteiger partial charge is 0.493 e. The van der Waals surface area contributed by atoms with Gasteiger partial charge in [0.1, 0.15) is 0 Å². The summed E-state index contributed by atoms with van der Waals surface area (Å²) in [6.45, 7) is 2.73. The van der Waals surface area contributed by atoms with E-state index < -0.39 is 0 Å². The molecule has 0 fully saturated rings. The Hall–Kier alpha value is -2.17. The zero-order valence-corrected chi connectivity index (χ0v) is 10.5. The first-order chi connectivity index (χ1) is 8.77. The summed E-state index contributed by atoms with van der Waals surface area (Å²) in [4.78, 5) is 16.3. The number of carbonyl (C=O) groups excluding carboxylic acids is 1. The van der Waals surface area contributed by atoms with Crippen LogP contribution in [0.2, 0.25) is 0 Å². The van der Waals surface area contributed by atoms with Crippen LogP contribution in [0.15, 0.2) is 30.7 Å². The van der Waals surface area contributed by atoms with E-state index in [-0.39, 0.29) is 5.78 Å². The number of hydrogen-bond acceptors (Lipinski definition) is 4. The summed E-state index contributed by atoms with van der Waals surface area (Å²) in [6.07, 6.45) is 5.67. The van der Waals surface area contributed by atoms with Crippen LogP contribution in [0.5, 0.6) is 5.75 Å². The molecule has 5 nitrogen and oxygen atoms in total. The van der Waals surface area contributed by atoms with Crippen molar-refractivity contribution in [3.05, 3.63) is 42.0 Å². The van der Waals surface area contributed by atoms with E-state index in [0.717, 1.165) is 6.42 Å². The number of methoxy groups -OCH3 is 1. The quantitative estimate of drug-likeness (QED) is 0.755. The first-order valence-corrected chi connectivity index (χ1v) is 5.82. The predicted octanol–water partition coefficient (Wildman–Crippen LogP) is 1.93. The molecule has 2 rings (SSSR count). The Morgan fingerprint density at radius 1 is 1.39 bits per heavy atom. The van der Waals surface area contributed by atoms with E-state index >= 15 is 0 Å².